The first kappa shape index (κ1) is 15.9. The maximum absolute atomic E-state index is 12.1. The van der Waals surface area contributed by atoms with Gasteiger partial charge >= 0.3 is 0 Å². The molecule has 23 heavy (non-hydrogen) atoms. The molecule has 0 amide bonds. The van der Waals surface area contributed by atoms with Gasteiger partial charge in [-0.15, -0.1) is 0 Å². The number of rotatable bonds is 1. The van der Waals surface area contributed by atoms with Crippen LogP contribution in [0.5, 0.6) is 0 Å². The molecule has 0 saturated heterocycles. The van der Waals surface area contributed by atoms with Gasteiger partial charge in [0.1, 0.15) is 0 Å². The maximum atomic E-state index is 12.1. The Morgan fingerprint density at radius 1 is 1.13 bits per heavy atom. The number of aliphatic hydroxyl groups is 1. The molecule has 0 heterocycles. The van der Waals surface area contributed by atoms with Crippen LogP contribution in [0.3, 0.4) is 0 Å². The van der Waals surface area contributed by atoms with E-state index in [-0.39, 0.29) is 11.5 Å². The molecule has 4 aliphatic carbocycles. The van der Waals surface area contributed by atoms with Gasteiger partial charge in [-0.2, -0.15) is 0 Å². The third-order valence-electron chi connectivity index (χ3n) is 8.60. The summed E-state index contributed by atoms with van der Waals surface area (Å²) in [4.78, 5) is 12.1. The summed E-state index contributed by atoms with van der Waals surface area (Å²) in [6.07, 6.45) is 11.6. The maximum Gasteiger partial charge on any atom is 0.156 e. The number of allylic oxidation sites excluding steroid dienone is 2. The topological polar surface area (TPSA) is 37.3 Å². The third-order valence-corrected chi connectivity index (χ3v) is 8.60. The van der Waals surface area contributed by atoms with Crippen LogP contribution >= 0.6 is 0 Å². The highest BCUT2D eigenvalue weighted by molar-refractivity contribution is 5.95. The van der Waals surface area contributed by atoms with E-state index in [0.29, 0.717) is 17.1 Å². The van der Waals surface area contributed by atoms with Crippen molar-refractivity contribution in [3.63, 3.8) is 0 Å². The number of hydrogen-bond donors (Lipinski definition) is 1. The first-order valence-electron chi connectivity index (χ1n) is 9.76. The number of aliphatic hydroxyl groups excluding tert-OH is 1. The predicted octanol–water partition coefficient (Wildman–Crippen LogP) is 4.52. The van der Waals surface area contributed by atoms with Crippen molar-refractivity contribution in [1.82, 2.24) is 0 Å². The molecule has 4 aliphatic rings. The molecule has 2 nitrogen and oxygen atoms in total. The number of fused-ring (bicyclic) bond motifs is 5. The molecule has 0 aromatic rings. The van der Waals surface area contributed by atoms with Crippen LogP contribution in [0.15, 0.2) is 11.6 Å². The second-order valence-corrected chi connectivity index (χ2v) is 9.45. The average molecular weight is 316 g/mol. The molecule has 0 aromatic heterocycles. The standard InChI is InChI=1S/C21H32O2/c1-13(22)17-6-7-18-16-5-4-14-12-15(23)8-10-20(14,2)19(16)9-11-21(17,18)3/h6,14-16,18-19,23H,4-5,7-12H2,1-3H3/t14-,15+,16-,18+,19+,20-,21-/m0/s1. The fourth-order valence-corrected chi connectivity index (χ4v) is 7.35. The van der Waals surface area contributed by atoms with Gasteiger partial charge in [0.05, 0.1) is 6.10 Å². The Morgan fingerprint density at radius 3 is 2.65 bits per heavy atom. The molecule has 4 rings (SSSR count). The second-order valence-electron chi connectivity index (χ2n) is 9.45. The lowest BCUT2D eigenvalue weighted by Crippen LogP contribution is -2.53. The Balaban J connectivity index is 1.62. The Hall–Kier alpha value is -0.630. The summed E-state index contributed by atoms with van der Waals surface area (Å²) in [5.74, 6) is 3.31. The van der Waals surface area contributed by atoms with Gasteiger partial charge in [-0.3, -0.25) is 4.79 Å². The molecule has 1 N–H and O–H groups in total. The normalized spacial score (nSPS) is 52.2. The molecule has 3 saturated carbocycles. The summed E-state index contributed by atoms with van der Waals surface area (Å²) in [7, 11) is 0. The zero-order valence-corrected chi connectivity index (χ0v) is 15.0. The Morgan fingerprint density at radius 2 is 1.91 bits per heavy atom. The number of ketones is 1. The molecule has 128 valence electrons. The zero-order valence-electron chi connectivity index (χ0n) is 15.0. The minimum Gasteiger partial charge on any atom is -0.393 e. The summed E-state index contributed by atoms with van der Waals surface area (Å²) in [6.45, 7) is 6.65. The van der Waals surface area contributed by atoms with Crippen LogP contribution in [0.1, 0.15) is 72.1 Å². The number of carbonyl (C=O) groups excluding carboxylic acids is 1. The molecule has 0 unspecified atom stereocenters. The lowest BCUT2D eigenvalue weighted by Gasteiger charge is -2.60. The monoisotopic (exact) mass is 316 g/mol. The van der Waals surface area contributed by atoms with Crippen molar-refractivity contribution in [1.29, 1.82) is 0 Å². The molecule has 0 aromatic carbocycles. The zero-order chi connectivity index (χ0) is 16.4. The molecule has 0 spiro atoms. The van der Waals surface area contributed by atoms with Gasteiger partial charge in [-0.25, -0.2) is 0 Å². The molecule has 0 bridgehead atoms. The average Bonchev–Trinajstić information content (AvgIpc) is 2.85. The molecule has 0 radical (unpaired) electrons. The van der Waals surface area contributed by atoms with Crippen molar-refractivity contribution in [2.45, 2.75) is 78.2 Å². The largest absolute Gasteiger partial charge is 0.393 e. The fourth-order valence-electron chi connectivity index (χ4n) is 7.35. The van der Waals surface area contributed by atoms with Gasteiger partial charge in [0.25, 0.3) is 0 Å². The minimum absolute atomic E-state index is 0.0593. The summed E-state index contributed by atoms with van der Waals surface area (Å²) in [6, 6.07) is 0. The molecular weight excluding hydrogens is 284 g/mol. The van der Waals surface area contributed by atoms with Gasteiger partial charge in [-0.05, 0) is 98.4 Å². The van der Waals surface area contributed by atoms with Crippen molar-refractivity contribution < 1.29 is 9.90 Å². The van der Waals surface area contributed by atoms with E-state index < -0.39 is 0 Å². The molecule has 2 heteroatoms. The van der Waals surface area contributed by atoms with Crippen LogP contribution in [0.25, 0.3) is 0 Å². The van der Waals surface area contributed by atoms with E-state index in [1.807, 2.05) is 0 Å². The lowest BCUT2D eigenvalue weighted by atomic mass is 9.44. The highest BCUT2D eigenvalue weighted by atomic mass is 16.3. The number of Topliss-reactive ketones (excluding diaryl/α,β-unsaturated/α-hetero) is 1. The van der Waals surface area contributed by atoms with Gasteiger partial charge in [0.15, 0.2) is 5.78 Å². The van der Waals surface area contributed by atoms with Crippen LogP contribution in [0, 0.1) is 34.5 Å². The summed E-state index contributed by atoms with van der Waals surface area (Å²) < 4.78 is 0. The van der Waals surface area contributed by atoms with E-state index in [1.54, 1.807) is 6.92 Å². The van der Waals surface area contributed by atoms with E-state index in [4.69, 9.17) is 0 Å². The van der Waals surface area contributed by atoms with Gasteiger partial charge < -0.3 is 5.11 Å². The lowest BCUT2D eigenvalue weighted by molar-refractivity contribution is -0.124. The van der Waals surface area contributed by atoms with E-state index in [0.717, 1.165) is 42.6 Å². The van der Waals surface area contributed by atoms with Crippen LogP contribution in [0.4, 0.5) is 0 Å². The highest BCUT2D eigenvalue weighted by Gasteiger charge is 2.58. The van der Waals surface area contributed by atoms with Crippen molar-refractivity contribution >= 4 is 5.78 Å². The summed E-state index contributed by atoms with van der Waals surface area (Å²) >= 11 is 0. The minimum atomic E-state index is -0.0593. The van der Waals surface area contributed by atoms with E-state index >= 15 is 0 Å². The van der Waals surface area contributed by atoms with Crippen LogP contribution in [-0.2, 0) is 4.79 Å². The van der Waals surface area contributed by atoms with Crippen molar-refractivity contribution in [2.24, 2.45) is 34.5 Å². The number of carbonyl (C=O) groups is 1. The molecule has 3 fully saturated rings. The van der Waals surface area contributed by atoms with Crippen molar-refractivity contribution in [3.8, 4) is 0 Å². The Labute approximate surface area is 140 Å². The SMILES string of the molecule is CC(=O)C1=CC[C@@H]2[C@@H]3CC[C@H]4C[C@H](O)CC[C@]4(C)[C@@H]3CC[C@@]12C. The Bertz CT molecular complexity index is 550. The van der Waals surface area contributed by atoms with E-state index in [2.05, 4.69) is 19.9 Å². The molecule has 7 atom stereocenters. The van der Waals surface area contributed by atoms with Crippen LogP contribution in [-0.4, -0.2) is 17.0 Å². The highest BCUT2D eigenvalue weighted by Crippen LogP contribution is 2.66. The molecular formula is C21H32O2. The van der Waals surface area contributed by atoms with Gasteiger partial charge in [0, 0.05) is 0 Å². The second kappa shape index (κ2) is 5.18. The van der Waals surface area contributed by atoms with Gasteiger partial charge in [0.2, 0.25) is 0 Å². The predicted molar refractivity (Wildman–Crippen MR) is 91.9 cm³/mol. The third kappa shape index (κ3) is 2.13. The van der Waals surface area contributed by atoms with Crippen molar-refractivity contribution in [2.75, 3.05) is 0 Å². The molecule has 0 aliphatic heterocycles. The van der Waals surface area contributed by atoms with Crippen LogP contribution in [0.2, 0.25) is 0 Å². The summed E-state index contributed by atoms with van der Waals surface area (Å²) in [5.41, 5.74) is 1.71. The smallest absolute Gasteiger partial charge is 0.156 e. The number of hydrogen-bond acceptors (Lipinski definition) is 2. The van der Waals surface area contributed by atoms with Crippen LogP contribution < -0.4 is 0 Å². The summed E-state index contributed by atoms with van der Waals surface area (Å²) in [5, 5.41) is 10.1. The fraction of sp³-hybridized carbons (Fsp3) is 0.857. The van der Waals surface area contributed by atoms with Gasteiger partial charge in [-0.1, -0.05) is 19.9 Å². The van der Waals surface area contributed by atoms with E-state index in [9.17, 15) is 9.90 Å². The quantitative estimate of drug-likeness (QED) is 0.772. The Kier molecular flexibility index (Phi) is 3.58. The first-order valence-corrected chi connectivity index (χ1v) is 9.76. The van der Waals surface area contributed by atoms with E-state index in [1.165, 1.54) is 32.1 Å². The van der Waals surface area contributed by atoms with Crippen molar-refractivity contribution in [3.05, 3.63) is 11.6 Å². The first-order chi connectivity index (χ1) is 10.9.